The smallest absolute Gasteiger partial charge is 0.240 e. The molecule has 7 nitrogen and oxygen atoms in total. The highest BCUT2D eigenvalue weighted by molar-refractivity contribution is 6.24. The molecule has 0 aliphatic carbocycles. The number of hydrogen-bond acceptors (Lipinski definition) is 6. The van der Waals surface area contributed by atoms with Crippen LogP contribution in [-0.2, 0) is 14.3 Å². The van der Waals surface area contributed by atoms with Gasteiger partial charge in [0.1, 0.15) is 23.2 Å². The quantitative estimate of drug-likeness (QED) is 0.552. The number of carbonyl (C=O) groups excluding carboxylic acids is 2. The van der Waals surface area contributed by atoms with Gasteiger partial charge >= 0.3 is 0 Å². The highest BCUT2D eigenvalue weighted by Gasteiger charge is 2.77. The number of nitrogens with zero attached hydrogens (tertiary/aromatic N) is 2. The van der Waals surface area contributed by atoms with E-state index in [0.29, 0.717) is 11.1 Å². The Balaban J connectivity index is 1.35. The maximum atomic E-state index is 13.9. The van der Waals surface area contributed by atoms with Crippen LogP contribution in [-0.4, -0.2) is 40.8 Å². The molecular formula is C28H23FN2O5. The molecule has 8 heteroatoms. The minimum absolute atomic E-state index is 0.151. The molecule has 0 aromatic heterocycles. The van der Waals surface area contributed by atoms with Gasteiger partial charge in [-0.3, -0.25) is 9.59 Å². The summed E-state index contributed by atoms with van der Waals surface area (Å²) in [6.45, 7) is 1.82. The van der Waals surface area contributed by atoms with Crippen molar-refractivity contribution in [2.45, 2.75) is 37.1 Å². The molecule has 0 radical (unpaired) electrons. The first-order valence-electron chi connectivity index (χ1n) is 11.9. The molecule has 5 atom stereocenters. The molecular weight excluding hydrogens is 463 g/mol. The fourth-order valence-corrected chi connectivity index (χ4v) is 6.30. The molecule has 2 amide bonds. The van der Waals surface area contributed by atoms with Crippen LogP contribution in [0.4, 0.5) is 10.1 Å². The van der Waals surface area contributed by atoms with E-state index < -0.39 is 41.0 Å². The summed E-state index contributed by atoms with van der Waals surface area (Å²) in [4.78, 5) is 28.7. The van der Waals surface area contributed by atoms with Crippen LogP contribution in [0.5, 0.6) is 5.75 Å². The summed E-state index contributed by atoms with van der Waals surface area (Å²) in [6, 6.07) is 18.5. The lowest BCUT2D eigenvalue weighted by atomic mass is 9.66. The molecule has 0 saturated carbocycles. The van der Waals surface area contributed by atoms with Crippen molar-refractivity contribution in [3.63, 3.8) is 0 Å². The van der Waals surface area contributed by atoms with Gasteiger partial charge < -0.3 is 14.6 Å². The number of aliphatic hydroxyl groups excluding tert-OH is 1. The summed E-state index contributed by atoms with van der Waals surface area (Å²) in [5.41, 5.74) is -1.83. The number of benzene rings is 3. The van der Waals surface area contributed by atoms with Gasteiger partial charge in [-0.1, -0.05) is 30.3 Å². The second kappa shape index (κ2) is 7.85. The van der Waals surface area contributed by atoms with Crippen molar-refractivity contribution in [3.05, 3.63) is 72.0 Å². The third kappa shape index (κ3) is 3.03. The van der Waals surface area contributed by atoms with E-state index >= 15 is 0 Å². The Hall–Kier alpha value is -3.80. The van der Waals surface area contributed by atoms with Gasteiger partial charge in [-0.25, -0.2) is 9.29 Å². The maximum absolute atomic E-state index is 13.9. The van der Waals surface area contributed by atoms with E-state index in [9.17, 15) is 24.3 Å². The minimum atomic E-state index is -1.23. The number of rotatable bonds is 5. The molecule has 182 valence electrons. The third-order valence-electron chi connectivity index (χ3n) is 7.98. The van der Waals surface area contributed by atoms with Crippen LogP contribution in [0.1, 0.15) is 25.3 Å². The standard InChI is InChI=1S/C28H23FN2O5/c1-27-22(32)14-28(36-27,12-13-35-18-9-7-17(29)8-10-18)24-23(27)25(33)31(26(24)34)21-11-6-16-4-2-3-5-19(16)20(21)15-30/h2-11,22-24,32H,12-14H2,1H3. The molecule has 5 unspecified atom stereocenters. The molecule has 3 heterocycles. The minimum Gasteiger partial charge on any atom is -0.493 e. The molecule has 2 bridgehead atoms. The normalized spacial score (nSPS) is 30.6. The van der Waals surface area contributed by atoms with E-state index in [1.165, 1.54) is 24.3 Å². The number of imide groups is 1. The van der Waals surface area contributed by atoms with Crippen LogP contribution in [0.2, 0.25) is 0 Å². The number of aliphatic hydroxyl groups is 1. The van der Waals surface area contributed by atoms with Crippen LogP contribution < -0.4 is 9.64 Å². The zero-order valence-corrected chi connectivity index (χ0v) is 19.5. The lowest BCUT2D eigenvalue weighted by Crippen LogP contribution is -2.49. The van der Waals surface area contributed by atoms with Crippen molar-refractivity contribution in [3.8, 4) is 11.8 Å². The Labute approximate surface area is 206 Å². The Bertz CT molecular complexity index is 1450. The summed E-state index contributed by atoms with van der Waals surface area (Å²) >= 11 is 0. The van der Waals surface area contributed by atoms with Gasteiger partial charge in [-0.15, -0.1) is 0 Å². The monoisotopic (exact) mass is 486 g/mol. The second-order valence-electron chi connectivity index (χ2n) is 9.88. The van der Waals surface area contributed by atoms with Gasteiger partial charge in [-0.2, -0.15) is 5.26 Å². The summed E-state index contributed by atoms with van der Waals surface area (Å²) in [5, 5.41) is 22.3. The highest BCUT2D eigenvalue weighted by Crippen LogP contribution is 2.62. The summed E-state index contributed by atoms with van der Waals surface area (Å²) in [6.07, 6.45) is -0.491. The second-order valence-corrected chi connectivity index (χ2v) is 9.88. The van der Waals surface area contributed by atoms with Crippen LogP contribution >= 0.6 is 0 Å². The van der Waals surface area contributed by atoms with Crippen LogP contribution in [0.3, 0.4) is 0 Å². The Morgan fingerprint density at radius 3 is 2.58 bits per heavy atom. The number of halogens is 1. The van der Waals surface area contributed by atoms with Crippen molar-refractivity contribution < 1.29 is 28.6 Å². The van der Waals surface area contributed by atoms with E-state index in [1.807, 2.05) is 12.1 Å². The van der Waals surface area contributed by atoms with E-state index in [-0.39, 0.29) is 36.5 Å². The average molecular weight is 486 g/mol. The zero-order chi connectivity index (χ0) is 25.2. The number of nitriles is 1. The van der Waals surface area contributed by atoms with Crippen LogP contribution in [0.15, 0.2) is 60.7 Å². The largest absolute Gasteiger partial charge is 0.493 e. The van der Waals surface area contributed by atoms with Crippen molar-refractivity contribution in [1.29, 1.82) is 5.26 Å². The summed E-state index contributed by atoms with van der Waals surface area (Å²) in [7, 11) is 0. The zero-order valence-electron chi connectivity index (χ0n) is 19.5. The molecule has 3 fully saturated rings. The van der Waals surface area contributed by atoms with E-state index in [1.54, 1.807) is 31.2 Å². The highest BCUT2D eigenvalue weighted by atomic mass is 19.1. The van der Waals surface area contributed by atoms with Crippen molar-refractivity contribution >= 4 is 28.3 Å². The number of ether oxygens (including phenoxy) is 2. The lowest BCUT2D eigenvalue weighted by Gasteiger charge is -2.33. The molecule has 1 N–H and O–H groups in total. The van der Waals surface area contributed by atoms with Crippen LogP contribution in [0.25, 0.3) is 10.8 Å². The van der Waals surface area contributed by atoms with Crippen molar-refractivity contribution in [2.75, 3.05) is 11.5 Å². The van der Waals surface area contributed by atoms with E-state index in [2.05, 4.69) is 6.07 Å². The predicted octanol–water partition coefficient (Wildman–Crippen LogP) is 3.72. The first-order valence-corrected chi connectivity index (χ1v) is 11.9. The molecule has 0 spiro atoms. The van der Waals surface area contributed by atoms with Gasteiger partial charge in [0.05, 0.1) is 41.4 Å². The number of anilines is 1. The SMILES string of the molecule is CC12OC(CCOc3ccc(F)cc3)(CC1O)C1C(=O)N(c3ccc4ccccc4c3C#N)C(=O)C12. The Morgan fingerprint density at radius 2 is 1.83 bits per heavy atom. The van der Waals surface area contributed by atoms with E-state index in [4.69, 9.17) is 9.47 Å². The Morgan fingerprint density at radius 1 is 1.11 bits per heavy atom. The molecule has 3 aliphatic rings. The molecule has 3 aromatic carbocycles. The topological polar surface area (TPSA) is 99.9 Å². The molecule has 3 aromatic rings. The molecule has 36 heavy (non-hydrogen) atoms. The maximum Gasteiger partial charge on any atom is 0.240 e. The number of carbonyl (C=O) groups is 2. The molecule has 6 rings (SSSR count). The van der Waals surface area contributed by atoms with Crippen molar-refractivity contribution in [2.24, 2.45) is 11.8 Å². The van der Waals surface area contributed by atoms with Gasteiger partial charge in [0.2, 0.25) is 11.8 Å². The molecule has 3 aliphatic heterocycles. The van der Waals surface area contributed by atoms with E-state index in [0.717, 1.165) is 10.3 Å². The number of hydrogen-bond donors (Lipinski definition) is 1. The lowest BCUT2D eigenvalue weighted by molar-refractivity contribution is -0.134. The van der Waals surface area contributed by atoms with Gasteiger partial charge in [-0.05, 0) is 42.6 Å². The van der Waals surface area contributed by atoms with Gasteiger partial charge in [0, 0.05) is 18.2 Å². The van der Waals surface area contributed by atoms with Crippen molar-refractivity contribution in [1.82, 2.24) is 0 Å². The summed E-state index contributed by atoms with van der Waals surface area (Å²) < 4.78 is 25.3. The first-order chi connectivity index (χ1) is 17.3. The van der Waals surface area contributed by atoms with Crippen LogP contribution in [0, 0.1) is 29.0 Å². The van der Waals surface area contributed by atoms with Gasteiger partial charge in [0.15, 0.2) is 0 Å². The fourth-order valence-electron chi connectivity index (χ4n) is 6.30. The summed E-state index contributed by atoms with van der Waals surface area (Å²) in [5.74, 6) is -2.51. The first kappa shape index (κ1) is 22.7. The third-order valence-corrected chi connectivity index (χ3v) is 7.98. The van der Waals surface area contributed by atoms with Gasteiger partial charge in [0.25, 0.3) is 0 Å². The number of amides is 2. The fraction of sp³-hybridized carbons (Fsp3) is 0.321. The average Bonchev–Trinajstić information content (AvgIpc) is 3.40. The Kier molecular flexibility index (Phi) is 4.94. The number of fused-ring (bicyclic) bond motifs is 6. The predicted molar refractivity (Wildman–Crippen MR) is 127 cm³/mol. The molecule has 3 saturated heterocycles.